The lowest BCUT2D eigenvalue weighted by molar-refractivity contribution is 0.102. The summed E-state index contributed by atoms with van der Waals surface area (Å²) in [6.45, 7) is 1.92. The second-order valence-corrected chi connectivity index (χ2v) is 4.23. The Labute approximate surface area is 97.5 Å². The number of rotatable bonds is 3. The summed E-state index contributed by atoms with van der Waals surface area (Å²) in [7, 11) is 3.27. The van der Waals surface area contributed by atoms with Crippen LogP contribution in [0.15, 0.2) is 17.0 Å². The van der Waals surface area contributed by atoms with Gasteiger partial charge >= 0.3 is 0 Å². The number of carbonyl (C=O) groups is 1. The molecular weight excluding hydrogens is 224 g/mol. The van der Waals surface area contributed by atoms with Crippen molar-refractivity contribution < 1.29 is 9.53 Å². The van der Waals surface area contributed by atoms with E-state index in [1.54, 1.807) is 13.2 Å². The minimum absolute atomic E-state index is 0.0457. The van der Waals surface area contributed by atoms with Gasteiger partial charge in [0.1, 0.15) is 0 Å². The van der Waals surface area contributed by atoms with Gasteiger partial charge in [-0.15, -0.1) is 0 Å². The second kappa shape index (κ2) is 4.09. The maximum atomic E-state index is 12.3. The Morgan fingerprint density at radius 2 is 2.25 bits per heavy atom. The zero-order chi connectivity index (χ0) is 11.7. The minimum atomic E-state index is -0.0457. The molecule has 0 aromatic carbocycles. The van der Waals surface area contributed by atoms with Crippen molar-refractivity contribution >= 4 is 17.1 Å². The molecule has 84 valence electrons. The van der Waals surface area contributed by atoms with Crippen LogP contribution in [0, 0.1) is 6.92 Å². The fraction of sp³-hybridized carbons (Fsp3) is 0.273. The molecule has 0 aliphatic heterocycles. The third-order valence-electron chi connectivity index (χ3n) is 2.44. The third-order valence-corrected chi connectivity index (χ3v) is 3.30. The van der Waals surface area contributed by atoms with Crippen LogP contribution < -0.4 is 4.74 Å². The van der Waals surface area contributed by atoms with Gasteiger partial charge in [0, 0.05) is 18.0 Å². The summed E-state index contributed by atoms with van der Waals surface area (Å²) < 4.78 is 6.66. The second-order valence-electron chi connectivity index (χ2n) is 3.48. The van der Waals surface area contributed by atoms with E-state index in [0.717, 1.165) is 5.56 Å². The smallest absolute Gasteiger partial charge is 0.215 e. The van der Waals surface area contributed by atoms with Crippen molar-refractivity contribution in [3.63, 3.8) is 0 Å². The third kappa shape index (κ3) is 1.63. The quantitative estimate of drug-likeness (QED) is 0.766. The molecule has 5 heteroatoms. The molecule has 0 aliphatic carbocycles. The highest BCUT2D eigenvalue weighted by Gasteiger charge is 2.21. The largest absolute Gasteiger partial charge is 0.493 e. The van der Waals surface area contributed by atoms with Gasteiger partial charge in [0.25, 0.3) is 0 Å². The van der Waals surface area contributed by atoms with Gasteiger partial charge in [-0.2, -0.15) is 16.4 Å². The van der Waals surface area contributed by atoms with Gasteiger partial charge in [-0.25, -0.2) is 0 Å². The van der Waals surface area contributed by atoms with Crippen molar-refractivity contribution in [3.8, 4) is 5.75 Å². The zero-order valence-electron chi connectivity index (χ0n) is 9.35. The maximum absolute atomic E-state index is 12.3. The monoisotopic (exact) mass is 236 g/mol. The number of hydrogen-bond donors (Lipinski definition) is 0. The molecule has 0 saturated carbocycles. The molecule has 16 heavy (non-hydrogen) atoms. The predicted octanol–water partition coefficient (Wildman–Crippen LogP) is 2.03. The van der Waals surface area contributed by atoms with Gasteiger partial charge in [-0.1, -0.05) is 0 Å². The van der Waals surface area contributed by atoms with Crippen molar-refractivity contribution in [3.05, 3.63) is 33.8 Å². The fourth-order valence-corrected chi connectivity index (χ4v) is 2.37. The number of aromatic nitrogens is 2. The summed E-state index contributed by atoms with van der Waals surface area (Å²) in [6, 6.07) is 0. The maximum Gasteiger partial charge on any atom is 0.215 e. The van der Waals surface area contributed by atoms with E-state index < -0.39 is 0 Å². The summed E-state index contributed by atoms with van der Waals surface area (Å²) in [4.78, 5) is 12.3. The standard InChI is InChI=1S/C11H12N2O2S/c1-7-5-16-6-8(7)11(14)10-9(15-3)4-12-13(10)2/h4-6H,1-3H3. The van der Waals surface area contributed by atoms with E-state index >= 15 is 0 Å². The van der Waals surface area contributed by atoms with E-state index in [-0.39, 0.29) is 5.78 Å². The van der Waals surface area contributed by atoms with Crippen molar-refractivity contribution in [2.45, 2.75) is 6.92 Å². The molecule has 2 aromatic heterocycles. The molecule has 0 saturated heterocycles. The van der Waals surface area contributed by atoms with Crippen LogP contribution >= 0.6 is 11.3 Å². The Bertz CT molecular complexity index is 528. The summed E-state index contributed by atoms with van der Waals surface area (Å²) in [5.41, 5.74) is 2.19. The van der Waals surface area contributed by atoms with Crippen LogP contribution in [0.4, 0.5) is 0 Å². The number of ketones is 1. The van der Waals surface area contributed by atoms with Crippen molar-refractivity contribution in [1.82, 2.24) is 9.78 Å². The van der Waals surface area contributed by atoms with E-state index in [1.807, 2.05) is 17.7 Å². The molecule has 0 unspecified atom stereocenters. The van der Waals surface area contributed by atoms with Crippen LogP contribution in [0.3, 0.4) is 0 Å². The Hall–Kier alpha value is -1.62. The Morgan fingerprint density at radius 3 is 2.81 bits per heavy atom. The van der Waals surface area contributed by atoms with Gasteiger partial charge in [0.15, 0.2) is 11.4 Å². The van der Waals surface area contributed by atoms with Crippen LogP contribution in [-0.2, 0) is 7.05 Å². The number of nitrogens with zero attached hydrogens (tertiary/aromatic N) is 2. The van der Waals surface area contributed by atoms with E-state index in [4.69, 9.17) is 4.74 Å². The zero-order valence-corrected chi connectivity index (χ0v) is 10.2. The molecule has 0 N–H and O–H groups in total. The van der Waals surface area contributed by atoms with E-state index in [1.165, 1.54) is 23.1 Å². The van der Waals surface area contributed by atoms with E-state index in [0.29, 0.717) is 17.0 Å². The number of aryl methyl sites for hydroxylation is 2. The molecule has 2 aromatic rings. The van der Waals surface area contributed by atoms with Gasteiger partial charge < -0.3 is 4.74 Å². The molecule has 0 bridgehead atoms. The van der Waals surface area contributed by atoms with Crippen LogP contribution in [0.2, 0.25) is 0 Å². The Morgan fingerprint density at radius 1 is 1.50 bits per heavy atom. The first-order valence-electron chi connectivity index (χ1n) is 4.78. The molecule has 0 aliphatic rings. The Kier molecular flexibility index (Phi) is 2.78. The summed E-state index contributed by atoms with van der Waals surface area (Å²) in [5, 5.41) is 7.83. The molecule has 0 amide bonds. The molecule has 0 atom stereocenters. The minimum Gasteiger partial charge on any atom is -0.493 e. The highest BCUT2D eigenvalue weighted by Crippen LogP contribution is 2.23. The Balaban J connectivity index is 2.49. The first kappa shape index (κ1) is 10.9. The number of carbonyl (C=O) groups excluding carboxylic acids is 1. The average Bonchev–Trinajstić information content (AvgIpc) is 2.83. The lowest BCUT2D eigenvalue weighted by atomic mass is 10.1. The number of ether oxygens (including phenoxy) is 1. The van der Waals surface area contributed by atoms with Gasteiger partial charge in [-0.3, -0.25) is 9.48 Å². The number of thiophene rings is 1. The fourth-order valence-electron chi connectivity index (χ4n) is 1.55. The van der Waals surface area contributed by atoms with Crippen LogP contribution in [0.25, 0.3) is 0 Å². The topological polar surface area (TPSA) is 44.1 Å². The van der Waals surface area contributed by atoms with Gasteiger partial charge in [0.05, 0.1) is 13.3 Å². The highest BCUT2D eigenvalue weighted by atomic mass is 32.1. The number of methoxy groups -OCH3 is 1. The molecule has 4 nitrogen and oxygen atoms in total. The van der Waals surface area contributed by atoms with E-state index in [9.17, 15) is 4.79 Å². The van der Waals surface area contributed by atoms with Crippen molar-refractivity contribution in [1.29, 1.82) is 0 Å². The predicted molar refractivity (Wildman–Crippen MR) is 62.2 cm³/mol. The normalized spacial score (nSPS) is 10.4. The van der Waals surface area contributed by atoms with E-state index in [2.05, 4.69) is 5.10 Å². The van der Waals surface area contributed by atoms with Crippen molar-refractivity contribution in [2.75, 3.05) is 7.11 Å². The average molecular weight is 236 g/mol. The lowest BCUT2D eigenvalue weighted by Crippen LogP contribution is -2.09. The summed E-state index contributed by atoms with van der Waals surface area (Å²) in [5.74, 6) is 0.466. The molecular formula is C11H12N2O2S. The van der Waals surface area contributed by atoms with Crippen LogP contribution in [0.1, 0.15) is 21.6 Å². The van der Waals surface area contributed by atoms with Crippen LogP contribution in [0.5, 0.6) is 5.75 Å². The summed E-state index contributed by atoms with van der Waals surface area (Å²) >= 11 is 1.52. The lowest BCUT2D eigenvalue weighted by Gasteiger charge is -2.03. The first-order valence-corrected chi connectivity index (χ1v) is 5.73. The first-order chi connectivity index (χ1) is 7.65. The molecule has 0 fully saturated rings. The highest BCUT2D eigenvalue weighted by molar-refractivity contribution is 7.08. The summed E-state index contributed by atoms with van der Waals surface area (Å²) in [6.07, 6.45) is 1.55. The number of hydrogen-bond acceptors (Lipinski definition) is 4. The van der Waals surface area contributed by atoms with Crippen LogP contribution in [-0.4, -0.2) is 22.7 Å². The van der Waals surface area contributed by atoms with Gasteiger partial charge in [-0.05, 0) is 17.9 Å². The molecule has 2 rings (SSSR count). The molecule has 0 radical (unpaired) electrons. The SMILES string of the molecule is COc1cnn(C)c1C(=O)c1cscc1C. The molecule has 0 spiro atoms. The van der Waals surface area contributed by atoms with Crippen molar-refractivity contribution in [2.24, 2.45) is 7.05 Å². The molecule has 2 heterocycles. The van der Waals surface area contributed by atoms with Gasteiger partial charge in [0.2, 0.25) is 5.78 Å².